The van der Waals surface area contributed by atoms with E-state index in [9.17, 15) is 9.18 Å². The molecule has 0 atom stereocenters. The highest BCUT2D eigenvalue weighted by Crippen LogP contribution is 2.27. The summed E-state index contributed by atoms with van der Waals surface area (Å²) in [6.45, 7) is 11.9. The molecule has 0 aliphatic rings. The van der Waals surface area contributed by atoms with E-state index >= 15 is 0 Å². The summed E-state index contributed by atoms with van der Waals surface area (Å²) in [4.78, 5) is 22.7. The molecule has 0 aliphatic carbocycles. The number of rotatable bonds is 8. The molecule has 0 saturated carbocycles. The fourth-order valence-corrected chi connectivity index (χ4v) is 3.47. The number of aromatic nitrogens is 4. The van der Waals surface area contributed by atoms with Gasteiger partial charge in [0.15, 0.2) is 5.52 Å². The Labute approximate surface area is 182 Å². The maximum Gasteiger partial charge on any atom is 0.278 e. The predicted molar refractivity (Wildman–Crippen MR) is 121 cm³/mol. The van der Waals surface area contributed by atoms with Crippen LogP contribution in [0.5, 0.6) is 0 Å². The van der Waals surface area contributed by atoms with Crippen LogP contribution in [0.2, 0.25) is 0 Å². The zero-order valence-corrected chi connectivity index (χ0v) is 19.2. The molecule has 3 aromatic rings. The maximum atomic E-state index is 13.4. The van der Waals surface area contributed by atoms with E-state index in [0.29, 0.717) is 36.7 Å². The second-order valence-electron chi connectivity index (χ2n) is 9.13. The number of fused-ring (bicyclic) bond motifs is 1. The second kappa shape index (κ2) is 9.18. The van der Waals surface area contributed by atoms with Gasteiger partial charge >= 0.3 is 0 Å². The van der Waals surface area contributed by atoms with Crippen LogP contribution in [0.15, 0.2) is 29.1 Å². The van der Waals surface area contributed by atoms with Crippen molar-refractivity contribution < 1.29 is 9.13 Å². The van der Waals surface area contributed by atoms with E-state index < -0.39 is 0 Å². The lowest BCUT2D eigenvalue weighted by molar-refractivity contribution is 0.0778. The van der Waals surface area contributed by atoms with Crippen LogP contribution in [-0.2, 0) is 23.7 Å². The van der Waals surface area contributed by atoms with Gasteiger partial charge in [-0.3, -0.25) is 14.5 Å². The van der Waals surface area contributed by atoms with Gasteiger partial charge in [-0.05, 0) is 38.0 Å². The Morgan fingerprint density at radius 2 is 1.90 bits per heavy atom. The fraction of sp³-hybridized carbons (Fsp3) is 0.522. The Morgan fingerprint density at radius 1 is 1.23 bits per heavy atom. The molecule has 0 radical (unpaired) electrons. The molecule has 0 aliphatic heterocycles. The first-order valence-corrected chi connectivity index (χ1v) is 10.6. The topological polar surface area (TPSA) is 76.0 Å². The van der Waals surface area contributed by atoms with Gasteiger partial charge in [0.05, 0.1) is 11.8 Å². The quantitative estimate of drug-likeness (QED) is 0.550. The Bertz CT molecular complexity index is 1080. The van der Waals surface area contributed by atoms with E-state index in [1.54, 1.807) is 23.9 Å². The summed E-state index contributed by atoms with van der Waals surface area (Å²) in [5.41, 5.74) is 2.28. The number of anilines is 1. The van der Waals surface area contributed by atoms with E-state index in [-0.39, 0.29) is 22.9 Å². The van der Waals surface area contributed by atoms with Gasteiger partial charge in [0.2, 0.25) is 5.95 Å². The van der Waals surface area contributed by atoms with Crippen molar-refractivity contribution in [2.45, 2.75) is 59.1 Å². The van der Waals surface area contributed by atoms with E-state index in [0.717, 1.165) is 17.7 Å². The van der Waals surface area contributed by atoms with Crippen molar-refractivity contribution in [2.75, 3.05) is 18.1 Å². The van der Waals surface area contributed by atoms with Gasteiger partial charge in [-0.25, -0.2) is 9.37 Å². The van der Waals surface area contributed by atoms with Crippen LogP contribution in [0.1, 0.15) is 52.3 Å². The van der Waals surface area contributed by atoms with Gasteiger partial charge < -0.3 is 9.64 Å². The van der Waals surface area contributed by atoms with Gasteiger partial charge in [0.1, 0.15) is 11.3 Å². The standard InChI is InChI=1S/C23H32FN5O2/c1-15(2)31-13-7-12-29(14-16-8-10-17(24)11-9-16)22-25-18-19(21(30)26-22)28(6)27-20(18)23(3,4)5/h8-11,15H,7,12-14H2,1-6H3,(H,25,26,30). The Kier molecular flexibility index (Phi) is 6.79. The highest BCUT2D eigenvalue weighted by molar-refractivity contribution is 5.78. The number of hydrogen-bond acceptors (Lipinski definition) is 5. The molecule has 8 heteroatoms. The minimum absolute atomic E-state index is 0.157. The fourth-order valence-electron chi connectivity index (χ4n) is 3.47. The number of nitrogens with zero attached hydrogens (tertiary/aromatic N) is 4. The number of aromatic amines is 1. The van der Waals surface area contributed by atoms with Crippen molar-refractivity contribution in [1.29, 1.82) is 0 Å². The summed E-state index contributed by atoms with van der Waals surface area (Å²) in [7, 11) is 1.76. The summed E-state index contributed by atoms with van der Waals surface area (Å²) >= 11 is 0. The number of H-pyrrole nitrogens is 1. The highest BCUT2D eigenvalue weighted by atomic mass is 19.1. The molecular formula is C23H32FN5O2. The van der Waals surface area contributed by atoms with Crippen molar-refractivity contribution in [3.05, 3.63) is 51.7 Å². The van der Waals surface area contributed by atoms with Crippen LogP contribution in [-0.4, -0.2) is 39.0 Å². The van der Waals surface area contributed by atoms with Gasteiger partial charge in [0, 0.05) is 32.2 Å². The molecule has 7 nitrogen and oxygen atoms in total. The maximum absolute atomic E-state index is 13.4. The second-order valence-corrected chi connectivity index (χ2v) is 9.13. The molecule has 0 bridgehead atoms. The summed E-state index contributed by atoms with van der Waals surface area (Å²) in [5, 5.41) is 4.56. The normalized spacial score (nSPS) is 12.1. The zero-order valence-electron chi connectivity index (χ0n) is 19.2. The Hall–Kier alpha value is -2.74. The molecule has 0 amide bonds. The minimum Gasteiger partial charge on any atom is -0.379 e. The molecule has 0 saturated heterocycles. The number of aryl methyl sites for hydroxylation is 1. The molecule has 1 aromatic carbocycles. The van der Waals surface area contributed by atoms with Crippen LogP contribution in [0.4, 0.5) is 10.3 Å². The SMILES string of the molecule is CC(C)OCCCN(Cc1ccc(F)cc1)c1nc2c(C(C)(C)C)nn(C)c2c(=O)[nH]1. The molecule has 0 unspecified atom stereocenters. The highest BCUT2D eigenvalue weighted by Gasteiger charge is 2.25. The average molecular weight is 430 g/mol. The van der Waals surface area contributed by atoms with Crippen molar-refractivity contribution in [3.63, 3.8) is 0 Å². The Balaban J connectivity index is 2.00. The zero-order chi connectivity index (χ0) is 22.8. The summed E-state index contributed by atoms with van der Waals surface area (Å²) < 4.78 is 20.6. The van der Waals surface area contributed by atoms with E-state index in [4.69, 9.17) is 9.72 Å². The largest absolute Gasteiger partial charge is 0.379 e. The molecule has 2 aromatic heterocycles. The van der Waals surface area contributed by atoms with Gasteiger partial charge in [0.25, 0.3) is 5.56 Å². The lowest BCUT2D eigenvalue weighted by Gasteiger charge is -2.24. The van der Waals surface area contributed by atoms with Gasteiger partial charge in [-0.2, -0.15) is 5.10 Å². The van der Waals surface area contributed by atoms with E-state index in [1.165, 1.54) is 12.1 Å². The van der Waals surface area contributed by atoms with E-state index in [1.807, 2.05) is 18.7 Å². The number of benzene rings is 1. The number of hydrogen-bond donors (Lipinski definition) is 1. The number of nitrogens with one attached hydrogen (secondary N) is 1. The van der Waals surface area contributed by atoms with Crippen LogP contribution in [0.25, 0.3) is 11.0 Å². The molecule has 0 fully saturated rings. The van der Waals surface area contributed by atoms with Crippen molar-refractivity contribution in [1.82, 2.24) is 19.7 Å². The molecule has 2 heterocycles. The average Bonchev–Trinajstić information content (AvgIpc) is 3.03. The van der Waals surface area contributed by atoms with Crippen LogP contribution >= 0.6 is 0 Å². The Morgan fingerprint density at radius 3 is 2.52 bits per heavy atom. The van der Waals surface area contributed by atoms with Crippen LogP contribution < -0.4 is 10.5 Å². The third-order valence-electron chi connectivity index (χ3n) is 5.00. The smallest absolute Gasteiger partial charge is 0.278 e. The summed E-state index contributed by atoms with van der Waals surface area (Å²) in [6, 6.07) is 6.36. The third kappa shape index (κ3) is 5.50. The lowest BCUT2D eigenvalue weighted by Crippen LogP contribution is -2.29. The molecule has 31 heavy (non-hydrogen) atoms. The summed E-state index contributed by atoms with van der Waals surface area (Å²) in [6.07, 6.45) is 0.921. The monoisotopic (exact) mass is 429 g/mol. The number of ether oxygens (including phenoxy) is 1. The first kappa shape index (κ1) is 22.9. The van der Waals surface area contributed by atoms with Crippen molar-refractivity contribution in [2.24, 2.45) is 7.05 Å². The first-order chi connectivity index (χ1) is 14.6. The number of halogens is 1. The van der Waals surface area contributed by atoms with Crippen molar-refractivity contribution >= 4 is 17.0 Å². The molecule has 3 rings (SSSR count). The third-order valence-corrected chi connectivity index (χ3v) is 5.00. The summed E-state index contributed by atoms with van der Waals surface area (Å²) in [5.74, 6) is 0.198. The first-order valence-electron chi connectivity index (χ1n) is 10.6. The van der Waals surface area contributed by atoms with Gasteiger partial charge in [-0.15, -0.1) is 0 Å². The van der Waals surface area contributed by atoms with Crippen molar-refractivity contribution in [3.8, 4) is 0 Å². The lowest BCUT2D eigenvalue weighted by atomic mass is 9.91. The molecule has 1 N–H and O–H groups in total. The van der Waals surface area contributed by atoms with E-state index in [2.05, 4.69) is 30.9 Å². The minimum atomic E-state index is -0.279. The van der Waals surface area contributed by atoms with Crippen LogP contribution in [0, 0.1) is 5.82 Å². The molecule has 0 spiro atoms. The molecular weight excluding hydrogens is 397 g/mol. The van der Waals surface area contributed by atoms with Crippen LogP contribution in [0.3, 0.4) is 0 Å². The predicted octanol–water partition coefficient (Wildman–Crippen LogP) is 3.91. The van der Waals surface area contributed by atoms with Gasteiger partial charge in [-0.1, -0.05) is 32.9 Å². The molecule has 168 valence electrons.